The number of hydrogen-bond acceptors (Lipinski definition) is 6. The van der Waals surface area contributed by atoms with Crippen LogP contribution in [0.1, 0.15) is 18.4 Å². The number of pyridine rings is 1. The van der Waals surface area contributed by atoms with Crippen LogP contribution < -0.4 is 10.6 Å². The lowest BCUT2D eigenvalue weighted by atomic mass is 10.3. The number of nitrogens with one attached hydrogen (secondary N) is 2. The minimum atomic E-state index is 0.756. The van der Waals surface area contributed by atoms with Crippen LogP contribution in [0, 0.1) is 0 Å². The predicted molar refractivity (Wildman–Crippen MR) is 113 cm³/mol. The molecule has 0 unspecified atom stereocenters. The average Bonchev–Trinajstić information content (AvgIpc) is 3.22. The summed E-state index contributed by atoms with van der Waals surface area (Å²) in [4.78, 5) is 11.5. The van der Waals surface area contributed by atoms with E-state index in [-0.39, 0.29) is 0 Å². The van der Waals surface area contributed by atoms with Crippen LogP contribution >= 0.6 is 0 Å². The molecule has 0 spiro atoms. The molecule has 2 aromatic rings. The van der Waals surface area contributed by atoms with Gasteiger partial charge >= 0.3 is 0 Å². The summed E-state index contributed by atoms with van der Waals surface area (Å²) in [5, 5.41) is 15.0. The Hall–Kier alpha value is -2.52. The minimum Gasteiger partial charge on any atom is -0.379 e. The molecular formula is C20H32N8O. The summed E-state index contributed by atoms with van der Waals surface area (Å²) in [7, 11) is 0. The molecule has 3 heterocycles. The van der Waals surface area contributed by atoms with Gasteiger partial charge in [-0.2, -0.15) is 0 Å². The molecule has 1 aliphatic heterocycles. The van der Waals surface area contributed by atoms with Crippen LogP contribution in [0.2, 0.25) is 0 Å². The van der Waals surface area contributed by atoms with Crippen molar-refractivity contribution in [2.45, 2.75) is 26.3 Å². The van der Waals surface area contributed by atoms with Crippen molar-refractivity contribution in [2.24, 2.45) is 4.99 Å². The lowest BCUT2D eigenvalue weighted by Gasteiger charge is -2.25. The highest BCUT2D eigenvalue weighted by atomic mass is 16.5. The summed E-state index contributed by atoms with van der Waals surface area (Å²) >= 11 is 0. The van der Waals surface area contributed by atoms with Crippen molar-refractivity contribution in [3.8, 4) is 0 Å². The van der Waals surface area contributed by atoms with Gasteiger partial charge in [-0.25, -0.2) is 0 Å². The maximum Gasteiger partial charge on any atom is 0.191 e. The fourth-order valence-corrected chi connectivity index (χ4v) is 3.19. The van der Waals surface area contributed by atoms with Crippen LogP contribution in [0.5, 0.6) is 0 Å². The number of aromatic nitrogens is 4. The number of ether oxygens (including phenoxy) is 1. The second kappa shape index (κ2) is 12.1. The van der Waals surface area contributed by atoms with E-state index in [0.29, 0.717) is 0 Å². The van der Waals surface area contributed by atoms with E-state index in [1.807, 2.05) is 24.4 Å². The largest absolute Gasteiger partial charge is 0.379 e. The summed E-state index contributed by atoms with van der Waals surface area (Å²) in [6.07, 6.45) is 5.35. The second-order valence-corrected chi connectivity index (χ2v) is 6.90. The van der Waals surface area contributed by atoms with Crippen LogP contribution in [0.25, 0.3) is 0 Å². The number of guanidine groups is 1. The van der Waals surface area contributed by atoms with E-state index >= 15 is 0 Å². The van der Waals surface area contributed by atoms with Crippen LogP contribution in [-0.4, -0.2) is 83.1 Å². The molecule has 0 bridgehead atoms. The van der Waals surface area contributed by atoms with E-state index in [2.05, 4.69) is 42.2 Å². The van der Waals surface area contributed by atoms with Gasteiger partial charge in [0.15, 0.2) is 5.96 Å². The molecule has 1 aliphatic rings. The van der Waals surface area contributed by atoms with Gasteiger partial charge in [0.1, 0.15) is 12.2 Å². The van der Waals surface area contributed by atoms with Gasteiger partial charge in [-0.3, -0.25) is 14.9 Å². The molecule has 1 saturated heterocycles. The summed E-state index contributed by atoms with van der Waals surface area (Å²) in [5.74, 6) is 1.83. The third-order valence-corrected chi connectivity index (χ3v) is 4.85. The molecular weight excluding hydrogens is 368 g/mol. The average molecular weight is 401 g/mol. The quantitative estimate of drug-likeness (QED) is 0.439. The fourth-order valence-electron chi connectivity index (χ4n) is 3.19. The van der Waals surface area contributed by atoms with Crippen molar-refractivity contribution in [3.63, 3.8) is 0 Å². The van der Waals surface area contributed by atoms with Crippen molar-refractivity contribution in [1.82, 2.24) is 35.3 Å². The highest BCUT2D eigenvalue weighted by Crippen LogP contribution is 1.97. The number of rotatable bonds is 10. The first-order valence-electron chi connectivity index (χ1n) is 10.4. The molecule has 0 aromatic carbocycles. The zero-order valence-electron chi connectivity index (χ0n) is 17.3. The normalized spacial score (nSPS) is 15.4. The lowest BCUT2D eigenvalue weighted by molar-refractivity contribution is 0.0394. The van der Waals surface area contributed by atoms with Gasteiger partial charge in [0.25, 0.3) is 0 Å². The molecule has 0 saturated carbocycles. The molecule has 29 heavy (non-hydrogen) atoms. The van der Waals surface area contributed by atoms with Crippen molar-refractivity contribution < 1.29 is 4.74 Å². The van der Waals surface area contributed by atoms with Crippen LogP contribution in [-0.2, 0) is 24.1 Å². The highest BCUT2D eigenvalue weighted by molar-refractivity contribution is 5.79. The maximum absolute atomic E-state index is 5.41. The monoisotopic (exact) mass is 400 g/mol. The Morgan fingerprint density at radius 3 is 2.83 bits per heavy atom. The van der Waals surface area contributed by atoms with Gasteiger partial charge in [-0.1, -0.05) is 13.0 Å². The maximum atomic E-state index is 5.41. The zero-order valence-corrected chi connectivity index (χ0v) is 17.3. The van der Waals surface area contributed by atoms with Gasteiger partial charge in [-0.05, 0) is 12.1 Å². The summed E-state index contributed by atoms with van der Waals surface area (Å²) in [6.45, 7) is 9.74. The minimum absolute atomic E-state index is 0.756. The summed E-state index contributed by atoms with van der Waals surface area (Å²) < 4.78 is 7.48. The number of aliphatic imine (C=N–C) groups is 1. The molecule has 2 N–H and O–H groups in total. The van der Waals surface area contributed by atoms with E-state index in [1.165, 1.54) is 0 Å². The molecule has 0 aliphatic carbocycles. The third kappa shape index (κ3) is 7.43. The van der Waals surface area contributed by atoms with E-state index in [1.54, 1.807) is 6.33 Å². The first-order chi connectivity index (χ1) is 14.3. The first kappa shape index (κ1) is 21.2. The molecule has 0 radical (unpaired) electrons. The Balaban J connectivity index is 1.47. The number of hydrogen-bond donors (Lipinski definition) is 2. The van der Waals surface area contributed by atoms with Gasteiger partial charge in [-0.15, -0.1) is 10.2 Å². The SMILES string of the molecule is CCc1nncn1CCNC(=NCCN1CCOCC1)NCCc1ccccn1. The Kier molecular flexibility index (Phi) is 8.87. The van der Waals surface area contributed by atoms with Crippen molar-refractivity contribution in [1.29, 1.82) is 0 Å². The molecule has 0 amide bonds. The third-order valence-electron chi connectivity index (χ3n) is 4.85. The van der Waals surface area contributed by atoms with Gasteiger partial charge in [0, 0.05) is 64.0 Å². The van der Waals surface area contributed by atoms with Crippen LogP contribution in [0.3, 0.4) is 0 Å². The van der Waals surface area contributed by atoms with Crippen LogP contribution in [0.4, 0.5) is 0 Å². The molecule has 2 aromatic heterocycles. The predicted octanol–water partition coefficient (Wildman–Crippen LogP) is 0.346. The summed E-state index contributed by atoms with van der Waals surface area (Å²) in [5.41, 5.74) is 1.07. The summed E-state index contributed by atoms with van der Waals surface area (Å²) in [6, 6.07) is 6.00. The molecule has 158 valence electrons. The van der Waals surface area contributed by atoms with E-state index in [0.717, 1.165) is 89.3 Å². The zero-order chi connectivity index (χ0) is 20.2. The fraction of sp³-hybridized carbons (Fsp3) is 0.600. The van der Waals surface area contributed by atoms with Gasteiger partial charge in [0.05, 0.1) is 19.8 Å². The smallest absolute Gasteiger partial charge is 0.191 e. The lowest BCUT2D eigenvalue weighted by Crippen LogP contribution is -2.41. The second-order valence-electron chi connectivity index (χ2n) is 6.90. The van der Waals surface area contributed by atoms with E-state index < -0.39 is 0 Å². The highest BCUT2D eigenvalue weighted by Gasteiger charge is 2.09. The molecule has 0 atom stereocenters. The van der Waals surface area contributed by atoms with Gasteiger partial charge < -0.3 is 19.9 Å². The van der Waals surface area contributed by atoms with Gasteiger partial charge in [0.2, 0.25) is 0 Å². The Labute approximate surface area is 172 Å². The Bertz CT molecular complexity index is 727. The Morgan fingerprint density at radius 1 is 1.17 bits per heavy atom. The topological polar surface area (TPSA) is 92.5 Å². The number of morpholine rings is 1. The van der Waals surface area contributed by atoms with E-state index in [9.17, 15) is 0 Å². The van der Waals surface area contributed by atoms with Crippen molar-refractivity contribution in [2.75, 3.05) is 52.5 Å². The molecule has 1 fully saturated rings. The Morgan fingerprint density at radius 2 is 2.03 bits per heavy atom. The molecule has 9 nitrogen and oxygen atoms in total. The number of nitrogens with zero attached hydrogens (tertiary/aromatic N) is 6. The van der Waals surface area contributed by atoms with Crippen molar-refractivity contribution in [3.05, 3.63) is 42.2 Å². The standard InChI is InChI=1S/C20H32N8O/c1-2-19-26-25-17-28(19)12-10-24-20(22-8-6-18-5-3-4-7-21-18)23-9-11-27-13-15-29-16-14-27/h3-5,7,17H,2,6,8-16H2,1H3,(H2,22,23,24). The first-order valence-corrected chi connectivity index (χ1v) is 10.4. The van der Waals surface area contributed by atoms with Crippen LogP contribution in [0.15, 0.2) is 35.7 Å². The van der Waals surface area contributed by atoms with E-state index in [4.69, 9.17) is 9.73 Å². The van der Waals surface area contributed by atoms with Crippen molar-refractivity contribution >= 4 is 5.96 Å². The number of aryl methyl sites for hydroxylation is 1. The molecule has 9 heteroatoms. The molecule has 3 rings (SSSR count).